The van der Waals surface area contributed by atoms with Gasteiger partial charge in [-0.15, -0.1) is 0 Å². The Balaban J connectivity index is 2.46. The number of carboxylic acid groups (broad SMARTS) is 1. The summed E-state index contributed by atoms with van der Waals surface area (Å²) in [7, 11) is 0. The Morgan fingerprint density at radius 2 is 2.14 bits per heavy atom. The van der Waals surface area contributed by atoms with E-state index >= 15 is 0 Å². The van der Waals surface area contributed by atoms with Crippen molar-refractivity contribution in [2.45, 2.75) is 19.8 Å². The van der Waals surface area contributed by atoms with E-state index in [9.17, 15) is 28.8 Å². The van der Waals surface area contributed by atoms with Gasteiger partial charge < -0.3 is 10.0 Å². The summed E-state index contributed by atoms with van der Waals surface area (Å²) in [6.45, 7) is 1.79. The molecule has 1 heterocycles. The lowest BCUT2D eigenvalue weighted by Gasteiger charge is -2.38. The van der Waals surface area contributed by atoms with Gasteiger partial charge in [0.15, 0.2) is 0 Å². The van der Waals surface area contributed by atoms with Gasteiger partial charge in [0.25, 0.3) is 0 Å². The molecule has 1 unspecified atom stereocenters. The molecule has 1 atom stereocenters. The van der Waals surface area contributed by atoms with Crippen molar-refractivity contribution < 1.29 is 23.6 Å². The SMILES string of the molecule is CC1(C(=O)O)CCCN(c2cc(F)cc(F)c2[N+](=O)[O-])C1. The number of benzene rings is 1. The fraction of sp³-hybridized carbons (Fsp3) is 0.462. The van der Waals surface area contributed by atoms with Gasteiger partial charge in [-0.3, -0.25) is 14.9 Å². The van der Waals surface area contributed by atoms with Crippen LogP contribution in [0.25, 0.3) is 0 Å². The fourth-order valence-corrected chi connectivity index (χ4v) is 2.59. The number of carboxylic acids is 1. The van der Waals surface area contributed by atoms with Gasteiger partial charge in [0.05, 0.1) is 10.3 Å². The minimum Gasteiger partial charge on any atom is -0.481 e. The highest BCUT2D eigenvalue weighted by atomic mass is 19.1. The molecule has 1 aliphatic rings. The van der Waals surface area contributed by atoms with Crippen LogP contribution in [-0.4, -0.2) is 29.1 Å². The van der Waals surface area contributed by atoms with Crippen LogP contribution in [-0.2, 0) is 4.79 Å². The number of piperidine rings is 1. The van der Waals surface area contributed by atoms with Gasteiger partial charge in [-0.2, -0.15) is 4.39 Å². The van der Waals surface area contributed by atoms with Gasteiger partial charge in [-0.05, 0) is 19.8 Å². The fourth-order valence-electron chi connectivity index (χ4n) is 2.59. The lowest BCUT2D eigenvalue weighted by molar-refractivity contribution is -0.386. The molecule has 1 aromatic rings. The molecular formula is C13H14F2N2O4. The van der Waals surface area contributed by atoms with Crippen molar-refractivity contribution in [1.29, 1.82) is 0 Å². The van der Waals surface area contributed by atoms with Crippen LogP contribution in [0.2, 0.25) is 0 Å². The smallest absolute Gasteiger partial charge is 0.328 e. The summed E-state index contributed by atoms with van der Waals surface area (Å²) in [5.74, 6) is -3.24. The molecule has 1 aromatic carbocycles. The third kappa shape index (κ3) is 2.79. The molecule has 21 heavy (non-hydrogen) atoms. The van der Waals surface area contributed by atoms with E-state index in [1.165, 1.54) is 11.8 Å². The van der Waals surface area contributed by atoms with Crippen LogP contribution in [0, 0.1) is 27.2 Å². The van der Waals surface area contributed by atoms with E-state index in [-0.39, 0.29) is 12.2 Å². The van der Waals surface area contributed by atoms with Crippen molar-refractivity contribution in [2.75, 3.05) is 18.0 Å². The summed E-state index contributed by atoms with van der Waals surface area (Å²) >= 11 is 0. The molecule has 0 aromatic heterocycles. The van der Waals surface area contributed by atoms with Crippen molar-refractivity contribution in [3.63, 3.8) is 0 Å². The zero-order valence-electron chi connectivity index (χ0n) is 11.3. The molecule has 1 fully saturated rings. The summed E-state index contributed by atoms with van der Waals surface area (Å²) < 4.78 is 27.0. The number of hydrogen-bond donors (Lipinski definition) is 1. The van der Waals surface area contributed by atoms with Crippen molar-refractivity contribution in [3.05, 3.63) is 33.9 Å². The minimum atomic E-state index is -1.27. The molecule has 0 bridgehead atoms. The Hall–Kier alpha value is -2.25. The Labute approximate surface area is 119 Å². The van der Waals surface area contributed by atoms with Crippen molar-refractivity contribution >= 4 is 17.3 Å². The monoisotopic (exact) mass is 300 g/mol. The third-order valence-corrected chi connectivity index (χ3v) is 3.74. The molecule has 2 rings (SSSR count). The highest BCUT2D eigenvalue weighted by Gasteiger charge is 2.40. The van der Waals surface area contributed by atoms with Gasteiger partial charge >= 0.3 is 11.7 Å². The molecule has 8 heteroatoms. The zero-order valence-corrected chi connectivity index (χ0v) is 11.3. The average Bonchev–Trinajstić information content (AvgIpc) is 2.37. The Bertz CT molecular complexity index is 608. The highest BCUT2D eigenvalue weighted by Crippen LogP contribution is 2.38. The Kier molecular flexibility index (Phi) is 3.80. The van der Waals surface area contributed by atoms with Gasteiger partial charge in [-0.1, -0.05) is 0 Å². The predicted octanol–water partition coefficient (Wildman–Crippen LogP) is 2.56. The van der Waals surface area contributed by atoms with E-state index in [0.717, 1.165) is 6.07 Å². The third-order valence-electron chi connectivity index (χ3n) is 3.74. The summed E-state index contributed by atoms with van der Waals surface area (Å²) in [6, 6.07) is 1.32. The minimum absolute atomic E-state index is 0.0356. The van der Waals surface area contributed by atoms with Crippen LogP contribution in [0.15, 0.2) is 12.1 Å². The van der Waals surface area contributed by atoms with E-state index in [0.29, 0.717) is 25.5 Å². The van der Waals surface area contributed by atoms with E-state index in [2.05, 4.69) is 0 Å². The van der Waals surface area contributed by atoms with Gasteiger partial charge in [-0.25, -0.2) is 4.39 Å². The van der Waals surface area contributed by atoms with Crippen LogP contribution in [0.3, 0.4) is 0 Å². The molecule has 0 aliphatic carbocycles. The number of aliphatic carboxylic acids is 1. The van der Waals surface area contributed by atoms with E-state index < -0.39 is 33.6 Å². The van der Waals surface area contributed by atoms with Crippen LogP contribution in [0.4, 0.5) is 20.2 Å². The van der Waals surface area contributed by atoms with Crippen molar-refractivity contribution in [2.24, 2.45) is 5.41 Å². The molecule has 0 spiro atoms. The largest absolute Gasteiger partial charge is 0.481 e. The first kappa shape index (κ1) is 15.1. The van der Waals surface area contributed by atoms with Crippen molar-refractivity contribution in [3.8, 4) is 0 Å². The first-order valence-corrected chi connectivity index (χ1v) is 6.36. The average molecular weight is 300 g/mol. The number of nitro groups is 1. The lowest BCUT2D eigenvalue weighted by Crippen LogP contribution is -2.46. The van der Waals surface area contributed by atoms with Crippen LogP contribution in [0.1, 0.15) is 19.8 Å². The second kappa shape index (κ2) is 5.27. The molecule has 1 aliphatic heterocycles. The zero-order chi connectivity index (χ0) is 15.8. The van der Waals surface area contributed by atoms with Crippen LogP contribution in [0.5, 0.6) is 0 Å². The Morgan fingerprint density at radius 3 is 2.71 bits per heavy atom. The number of anilines is 1. The lowest BCUT2D eigenvalue weighted by atomic mass is 9.82. The van der Waals surface area contributed by atoms with Gasteiger partial charge in [0.2, 0.25) is 5.82 Å². The molecule has 0 amide bonds. The van der Waals surface area contributed by atoms with E-state index in [1.54, 1.807) is 0 Å². The van der Waals surface area contributed by atoms with Gasteiger partial charge in [0, 0.05) is 25.2 Å². The highest BCUT2D eigenvalue weighted by molar-refractivity contribution is 5.76. The summed E-state index contributed by atoms with van der Waals surface area (Å²) in [5, 5.41) is 20.2. The van der Waals surface area contributed by atoms with Crippen LogP contribution >= 0.6 is 0 Å². The Morgan fingerprint density at radius 1 is 1.48 bits per heavy atom. The first-order valence-electron chi connectivity index (χ1n) is 6.36. The normalized spacial score (nSPS) is 22.1. The molecule has 1 saturated heterocycles. The maximum Gasteiger partial charge on any atom is 0.328 e. The van der Waals surface area contributed by atoms with Crippen molar-refractivity contribution in [1.82, 2.24) is 0 Å². The molecule has 114 valence electrons. The molecule has 0 saturated carbocycles. The predicted molar refractivity (Wildman–Crippen MR) is 70.2 cm³/mol. The number of nitrogens with zero attached hydrogens (tertiary/aromatic N) is 2. The maximum absolute atomic E-state index is 13.6. The topological polar surface area (TPSA) is 83.7 Å². The number of nitro benzene ring substituents is 1. The summed E-state index contributed by atoms with van der Waals surface area (Å²) in [6.07, 6.45) is 0.877. The molecule has 0 radical (unpaired) electrons. The quantitative estimate of drug-likeness (QED) is 0.685. The number of halogens is 2. The maximum atomic E-state index is 13.6. The number of rotatable bonds is 3. The van der Waals surface area contributed by atoms with Gasteiger partial charge in [0.1, 0.15) is 11.5 Å². The summed E-state index contributed by atoms with van der Waals surface area (Å²) in [4.78, 5) is 22.7. The second-order valence-electron chi connectivity index (χ2n) is 5.40. The second-order valence-corrected chi connectivity index (χ2v) is 5.40. The van der Waals surface area contributed by atoms with E-state index in [4.69, 9.17) is 0 Å². The first-order chi connectivity index (χ1) is 9.74. The summed E-state index contributed by atoms with van der Waals surface area (Å²) in [5.41, 5.74) is -2.15. The molecule has 1 N–H and O–H groups in total. The van der Waals surface area contributed by atoms with Crippen LogP contribution < -0.4 is 4.90 Å². The van der Waals surface area contributed by atoms with E-state index in [1.807, 2.05) is 0 Å². The molecule has 6 nitrogen and oxygen atoms in total. The molecular weight excluding hydrogens is 286 g/mol. The standard InChI is InChI=1S/C13H14F2N2O4/c1-13(12(18)19)3-2-4-16(7-13)10-6-8(14)5-9(15)11(10)17(20)21/h5-6H,2-4,7H2,1H3,(H,18,19). The number of carbonyl (C=O) groups is 1. The number of hydrogen-bond acceptors (Lipinski definition) is 4.